The largest absolute Gasteiger partial charge is 0.352 e. The molecule has 16 heavy (non-hydrogen) atoms. The Labute approximate surface area is 99.8 Å². The summed E-state index contributed by atoms with van der Waals surface area (Å²) in [6.07, 6.45) is 0. The third kappa shape index (κ3) is 3.49. The molecular formula is C12H15ClFNO. The summed E-state index contributed by atoms with van der Waals surface area (Å²) in [4.78, 5) is 11.6. The molecule has 0 radical (unpaired) electrons. The van der Waals surface area contributed by atoms with Crippen molar-refractivity contribution in [1.29, 1.82) is 0 Å². The van der Waals surface area contributed by atoms with Gasteiger partial charge in [-0.2, -0.15) is 0 Å². The maximum absolute atomic E-state index is 13.3. The highest BCUT2D eigenvalue weighted by Gasteiger charge is 2.12. The summed E-state index contributed by atoms with van der Waals surface area (Å²) >= 11 is 5.61. The molecule has 0 heterocycles. The second-order valence-corrected chi connectivity index (χ2v) is 4.26. The van der Waals surface area contributed by atoms with Crippen LogP contribution in [0, 0.1) is 18.7 Å². The van der Waals surface area contributed by atoms with Gasteiger partial charge in [0.05, 0.1) is 5.56 Å². The van der Waals surface area contributed by atoms with Crippen LogP contribution in [0.1, 0.15) is 22.8 Å². The first-order valence-electron chi connectivity index (χ1n) is 5.15. The third-order valence-corrected chi connectivity index (χ3v) is 2.77. The van der Waals surface area contributed by atoms with Gasteiger partial charge in [0.25, 0.3) is 5.91 Å². The van der Waals surface area contributed by atoms with Crippen molar-refractivity contribution in [3.05, 3.63) is 35.1 Å². The standard InChI is InChI=1S/C12H15ClFNO/c1-8-3-4-11(14)10(5-8)12(16)15-7-9(2)6-13/h3-5,9H,6-7H2,1-2H3,(H,15,16). The highest BCUT2D eigenvalue weighted by Crippen LogP contribution is 2.10. The van der Waals surface area contributed by atoms with E-state index in [0.29, 0.717) is 12.4 Å². The molecule has 0 saturated carbocycles. The van der Waals surface area contributed by atoms with Crippen LogP contribution < -0.4 is 5.32 Å². The van der Waals surface area contributed by atoms with Crippen LogP contribution in [0.3, 0.4) is 0 Å². The topological polar surface area (TPSA) is 29.1 Å². The zero-order valence-electron chi connectivity index (χ0n) is 9.39. The van der Waals surface area contributed by atoms with Gasteiger partial charge < -0.3 is 5.32 Å². The van der Waals surface area contributed by atoms with E-state index in [-0.39, 0.29) is 11.5 Å². The first-order chi connectivity index (χ1) is 7.54. The number of alkyl halides is 1. The second kappa shape index (κ2) is 5.85. The van der Waals surface area contributed by atoms with Gasteiger partial charge in [-0.1, -0.05) is 18.6 Å². The fourth-order valence-electron chi connectivity index (χ4n) is 1.23. The van der Waals surface area contributed by atoms with Crippen LogP contribution in [0.25, 0.3) is 0 Å². The lowest BCUT2D eigenvalue weighted by molar-refractivity contribution is 0.0945. The number of nitrogens with one attached hydrogen (secondary N) is 1. The minimum absolute atomic E-state index is 0.0850. The van der Waals surface area contributed by atoms with E-state index in [0.717, 1.165) is 5.56 Å². The first-order valence-corrected chi connectivity index (χ1v) is 5.68. The Balaban J connectivity index is 2.69. The van der Waals surface area contributed by atoms with Crippen molar-refractivity contribution in [3.63, 3.8) is 0 Å². The SMILES string of the molecule is Cc1ccc(F)c(C(=O)NCC(C)CCl)c1. The van der Waals surface area contributed by atoms with Gasteiger partial charge in [0.2, 0.25) is 0 Å². The van der Waals surface area contributed by atoms with Gasteiger partial charge in [-0.25, -0.2) is 4.39 Å². The minimum Gasteiger partial charge on any atom is -0.352 e. The van der Waals surface area contributed by atoms with Crippen molar-refractivity contribution >= 4 is 17.5 Å². The molecule has 1 aromatic carbocycles. The number of amides is 1. The molecule has 0 spiro atoms. The number of halogens is 2. The Kier molecular flexibility index (Phi) is 4.74. The molecule has 0 aliphatic heterocycles. The Morgan fingerprint density at radius 2 is 2.25 bits per heavy atom. The van der Waals surface area contributed by atoms with Gasteiger partial charge in [-0.3, -0.25) is 4.79 Å². The Bertz CT molecular complexity index is 381. The molecule has 2 nitrogen and oxygen atoms in total. The number of rotatable bonds is 4. The monoisotopic (exact) mass is 243 g/mol. The Hall–Kier alpha value is -1.09. The van der Waals surface area contributed by atoms with Crippen molar-refractivity contribution in [2.75, 3.05) is 12.4 Å². The number of carbonyl (C=O) groups is 1. The van der Waals surface area contributed by atoms with E-state index in [1.807, 2.05) is 13.8 Å². The predicted octanol–water partition coefficient (Wildman–Crippen LogP) is 2.74. The lowest BCUT2D eigenvalue weighted by atomic mass is 10.1. The molecule has 0 fully saturated rings. The third-order valence-electron chi connectivity index (χ3n) is 2.24. The molecule has 0 aliphatic rings. The predicted molar refractivity (Wildman–Crippen MR) is 63.4 cm³/mol. The van der Waals surface area contributed by atoms with E-state index >= 15 is 0 Å². The van der Waals surface area contributed by atoms with Crippen molar-refractivity contribution in [3.8, 4) is 0 Å². The van der Waals surface area contributed by atoms with Gasteiger partial charge in [0.15, 0.2) is 0 Å². The highest BCUT2D eigenvalue weighted by atomic mass is 35.5. The number of hydrogen-bond acceptors (Lipinski definition) is 1. The molecule has 0 saturated heterocycles. The van der Waals surface area contributed by atoms with Crippen LogP contribution in [0.15, 0.2) is 18.2 Å². The smallest absolute Gasteiger partial charge is 0.254 e. The fourth-order valence-corrected chi connectivity index (χ4v) is 1.34. The van der Waals surface area contributed by atoms with Crippen molar-refractivity contribution in [2.45, 2.75) is 13.8 Å². The molecule has 1 unspecified atom stereocenters. The summed E-state index contributed by atoms with van der Waals surface area (Å²) < 4.78 is 13.3. The number of benzene rings is 1. The van der Waals surface area contributed by atoms with Crippen LogP contribution in [0.5, 0.6) is 0 Å². The summed E-state index contributed by atoms with van der Waals surface area (Å²) in [5.74, 6) is -0.241. The molecular weight excluding hydrogens is 229 g/mol. The molecule has 1 aromatic rings. The average molecular weight is 244 g/mol. The maximum atomic E-state index is 13.3. The molecule has 0 aromatic heterocycles. The van der Waals surface area contributed by atoms with Crippen LogP contribution >= 0.6 is 11.6 Å². The summed E-state index contributed by atoms with van der Waals surface area (Å²) in [6, 6.07) is 4.47. The molecule has 0 aliphatic carbocycles. The Morgan fingerprint density at radius 1 is 1.56 bits per heavy atom. The molecule has 88 valence electrons. The highest BCUT2D eigenvalue weighted by molar-refractivity contribution is 6.18. The normalized spacial score (nSPS) is 12.2. The fraction of sp³-hybridized carbons (Fsp3) is 0.417. The quantitative estimate of drug-likeness (QED) is 0.810. The number of carbonyl (C=O) groups excluding carboxylic acids is 1. The lowest BCUT2D eigenvalue weighted by Gasteiger charge is -2.10. The molecule has 1 rings (SSSR count). The summed E-state index contributed by atoms with van der Waals surface area (Å²) in [7, 11) is 0. The van der Waals surface area contributed by atoms with Crippen molar-refractivity contribution in [2.24, 2.45) is 5.92 Å². The second-order valence-electron chi connectivity index (χ2n) is 3.95. The molecule has 1 atom stereocenters. The van der Waals surface area contributed by atoms with E-state index < -0.39 is 11.7 Å². The van der Waals surface area contributed by atoms with Crippen molar-refractivity contribution < 1.29 is 9.18 Å². The van der Waals surface area contributed by atoms with Gasteiger partial charge in [-0.05, 0) is 25.0 Å². The van der Waals surface area contributed by atoms with E-state index in [1.54, 1.807) is 6.07 Å². The van der Waals surface area contributed by atoms with E-state index in [9.17, 15) is 9.18 Å². The summed E-state index contributed by atoms with van der Waals surface area (Å²) in [5.41, 5.74) is 0.943. The van der Waals surface area contributed by atoms with E-state index in [4.69, 9.17) is 11.6 Å². The van der Waals surface area contributed by atoms with Gasteiger partial charge >= 0.3 is 0 Å². The van der Waals surface area contributed by atoms with Gasteiger partial charge in [0, 0.05) is 12.4 Å². The average Bonchev–Trinajstić information content (AvgIpc) is 2.28. The zero-order chi connectivity index (χ0) is 12.1. The van der Waals surface area contributed by atoms with E-state index in [2.05, 4.69) is 5.32 Å². The molecule has 1 amide bonds. The Morgan fingerprint density at radius 3 is 2.88 bits per heavy atom. The number of hydrogen-bond donors (Lipinski definition) is 1. The van der Waals surface area contributed by atoms with Gasteiger partial charge in [0.1, 0.15) is 5.82 Å². The molecule has 0 bridgehead atoms. The van der Waals surface area contributed by atoms with Crippen LogP contribution in [0.4, 0.5) is 4.39 Å². The molecule has 4 heteroatoms. The van der Waals surface area contributed by atoms with Crippen LogP contribution in [-0.4, -0.2) is 18.3 Å². The van der Waals surface area contributed by atoms with Gasteiger partial charge in [-0.15, -0.1) is 11.6 Å². The zero-order valence-corrected chi connectivity index (χ0v) is 10.1. The minimum atomic E-state index is -0.498. The maximum Gasteiger partial charge on any atom is 0.254 e. The molecule has 1 N–H and O–H groups in total. The van der Waals surface area contributed by atoms with Crippen LogP contribution in [0.2, 0.25) is 0 Å². The lowest BCUT2D eigenvalue weighted by Crippen LogP contribution is -2.29. The number of aryl methyl sites for hydroxylation is 1. The van der Waals surface area contributed by atoms with Crippen LogP contribution in [-0.2, 0) is 0 Å². The summed E-state index contributed by atoms with van der Waals surface area (Å²) in [6.45, 7) is 4.19. The van der Waals surface area contributed by atoms with Crippen molar-refractivity contribution in [1.82, 2.24) is 5.32 Å². The van der Waals surface area contributed by atoms with E-state index in [1.165, 1.54) is 12.1 Å². The first kappa shape index (κ1) is 13.0. The summed E-state index contributed by atoms with van der Waals surface area (Å²) in [5, 5.41) is 2.65.